The molecule has 2 fully saturated rings. The maximum atomic E-state index is 15.4. The van der Waals surface area contributed by atoms with Crippen molar-refractivity contribution in [2.24, 2.45) is 0 Å². The van der Waals surface area contributed by atoms with Gasteiger partial charge in [0.25, 0.3) is 0 Å². The van der Waals surface area contributed by atoms with E-state index in [4.69, 9.17) is 9.47 Å². The number of imidazole rings is 1. The quantitative estimate of drug-likeness (QED) is 0.225. The van der Waals surface area contributed by atoms with Gasteiger partial charge in [-0.1, -0.05) is 18.2 Å². The molecule has 2 N–H and O–H groups in total. The molecule has 2 aliphatic heterocycles. The highest BCUT2D eigenvalue weighted by molar-refractivity contribution is 5.79. The van der Waals surface area contributed by atoms with Gasteiger partial charge in [0, 0.05) is 35.6 Å². The Morgan fingerprint density at radius 1 is 1.07 bits per heavy atom. The number of nitrogens with zero attached hydrogens (tertiary/aromatic N) is 5. The van der Waals surface area contributed by atoms with Crippen molar-refractivity contribution in [1.82, 2.24) is 29.2 Å². The van der Waals surface area contributed by atoms with Crippen LogP contribution in [0, 0.1) is 5.82 Å². The number of likely N-dealkylation sites (tertiary alicyclic amines) is 1. The van der Waals surface area contributed by atoms with Gasteiger partial charge in [0.1, 0.15) is 11.6 Å². The third-order valence-corrected chi connectivity index (χ3v) is 8.32. The zero-order chi connectivity index (χ0) is 31.3. The van der Waals surface area contributed by atoms with Crippen LogP contribution >= 0.6 is 0 Å². The summed E-state index contributed by atoms with van der Waals surface area (Å²) in [7, 11) is 2.03. The third kappa shape index (κ3) is 5.44. The van der Waals surface area contributed by atoms with Crippen LogP contribution in [0.3, 0.4) is 0 Å². The summed E-state index contributed by atoms with van der Waals surface area (Å²) in [5, 5.41) is 7.09. The number of alkyl halides is 3. The van der Waals surface area contributed by atoms with Crippen molar-refractivity contribution in [3.63, 3.8) is 0 Å². The minimum Gasteiger partial charge on any atom is -0.452 e. The number of aromatic amines is 1. The van der Waals surface area contributed by atoms with Gasteiger partial charge in [-0.25, -0.2) is 18.9 Å². The number of fused-ring (bicyclic) bond motifs is 1. The molecule has 0 saturated carbocycles. The monoisotopic (exact) mass is 623 g/mol. The van der Waals surface area contributed by atoms with E-state index in [1.54, 1.807) is 34.9 Å². The molecule has 2 unspecified atom stereocenters. The highest BCUT2D eigenvalue weighted by atomic mass is 19.4. The van der Waals surface area contributed by atoms with Crippen LogP contribution in [0.4, 0.5) is 23.2 Å². The number of hydrogen-bond acceptors (Lipinski definition) is 7. The second kappa shape index (κ2) is 11.3. The van der Waals surface area contributed by atoms with Gasteiger partial charge in [0.05, 0.1) is 24.5 Å². The first-order chi connectivity index (χ1) is 21.7. The molecule has 14 heteroatoms. The second-order valence-corrected chi connectivity index (χ2v) is 11.3. The topological polar surface area (TPSA) is 102 Å². The second-order valence-electron chi connectivity index (χ2n) is 11.3. The van der Waals surface area contributed by atoms with Gasteiger partial charge >= 0.3 is 11.9 Å². The molecular formula is C31H29F4N7O3. The zero-order valence-electron chi connectivity index (χ0n) is 24.1. The van der Waals surface area contributed by atoms with Gasteiger partial charge in [-0.05, 0) is 57.2 Å². The number of pyridine rings is 1. The lowest BCUT2D eigenvalue weighted by Crippen LogP contribution is -2.44. The van der Waals surface area contributed by atoms with Crippen molar-refractivity contribution in [1.29, 1.82) is 0 Å². The van der Waals surface area contributed by atoms with E-state index in [2.05, 4.69) is 25.3 Å². The number of ether oxygens (including phenoxy) is 2. The Bertz CT molecular complexity index is 1890. The van der Waals surface area contributed by atoms with E-state index in [1.165, 1.54) is 30.5 Å². The molecule has 0 amide bonds. The smallest absolute Gasteiger partial charge is 0.433 e. The van der Waals surface area contributed by atoms with Crippen LogP contribution in [0.5, 0.6) is 11.5 Å². The Balaban J connectivity index is 1.12. The van der Waals surface area contributed by atoms with E-state index in [9.17, 15) is 18.0 Å². The van der Waals surface area contributed by atoms with E-state index in [-0.39, 0.29) is 41.1 Å². The third-order valence-electron chi connectivity index (χ3n) is 8.32. The molecule has 0 aliphatic carbocycles. The fraction of sp³-hybridized carbons (Fsp3) is 0.323. The van der Waals surface area contributed by atoms with E-state index in [0.29, 0.717) is 16.9 Å². The van der Waals surface area contributed by atoms with Gasteiger partial charge in [0.15, 0.2) is 28.7 Å². The van der Waals surface area contributed by atoms with E-state index in [0.717, 1.165) is 36.8 Å². The summed E-state index contributed by atoms with van der Waals surface area (Å²) >= 11 is 0. The van der Waals surface area contributed by atoms with E-state index >= 15 is 4.39 Å². The van der Waals surface area contributed by atoms with E-state index in [1.807, 2.05) is 7.05 Å². The number of nitrogens with one attached hydrogen (secondary N) is 2. The molecule has 0 bridgehead atoms. The Morgan fingerprint density at radius 2 is 1.84 bits per heavy atom. The molecule has 45 heavy (non-hydrogen) atoms. The van der Waals surface area contributed by atoms with Crippen LogP contribution in [0.2, 0.25) is 0 Å². The first kappa shape index (κ1) is 29.0. The standard InChI is InChI=1S/C31H29F4N7O3/c1-40-13-10-19(11-14-40)41-26-25(9-12-36-29(26)39-30(41)43)45-24-8-7-18(15-22(24)32)38-23-17-44-27(23)21-16-37-42(28(21)31(33,34)35)20-5-3-2-4-6-20/h2-9,12,15-16,19,23,27,38H,10-11,13-14,17H2,1H3,(H,36,39,43). The molecule has 5 aromatic rings. The minimum atomic E-state index is -4.69. The van der Waals surface area contributed by atoms with E-state index < -0.39 is 29.8 Å². The Kier molecular flexibility index (Phi) is 7.32. The van der Waals surface area contributed by atoms with Crippen molar-refractivity contribution < 1.29 is 27.0 Å². The first-order valence-electron chi connectivity index (χ1n) is 14.5. The summed E-state index contributed by atoms with van der Waals surface area (Å²) in [4.78, 5) is 22.1. The van der Waals surface area contributed by atoms with Crippen LogP contribution < -0.4 is 15.7 Å². The number of benzene rings is 2. The Hall–Kier alpha value is -4.69. The van der Waals surface area contributed by atoms with Crippen molar-refractivity contribution >= 4 is 16.9 Å². The van der Waals surface area contributed by atoms with Crippen LogP contribution in [0.25, 0.3) is 16.9 Å². The normalized spacial score (nSPS) is 19.5. The summed E-state index contributed by atoms with van der Waals surface area (Å²) in [6, 6.07) is 13.2. The zero-order valence-corrected chi connectivity index (χ0v) is 24.1. The molecule has 2 aliphatic rings. The van der Waals surface area contributed by atoms with Gasteiger partial charge in [-0.3, -0.25) is 9.55 Å². The van der Waals surface area contributed by atoms with Crippen molar-refractivity contribution in [2.45, 2.75) is 37.2 Å². The largest absolute Gasteiger partial charge is 0.452 e. The molecule has 0 spiro atoms. The molecule has 2 aromatic carbocycles. The number of hydrogen-bond donors (Lipinski definition) is 2. The van der Waals surface area contributed by atoms with Crippen LogP contribution in [0.15, 0.2) is 71.8 Å². The molecule has 2 saturated heterocycles. The summed E-state index contributed by atoms with van der Waals surface area (Å²) in [5.41, 5.74) is 0.0820. The molecule has 2 atom stereocenters. The Morgan fingerprint density at radius 3 is 2.53 bits per heavy atom. The van der Waals surface area contributed by atoms with Crippen molar-refractivity contribution in [2.75, 3.05) is 32.1 Å². The fourth-order valence-electron chi connectivity index (χ4n) is 6.04. The lowest BCUT2D eigenvalue weighted by atomic mass is 9.97. The molecule has 5 heterocycles. The molecule has 3 aromatic heterocycles. The number of aromatic nitrogens is 5. The van der Waals surface area contributed by atoms with Gasteiger partial charge in [-0.2, -0.15) is 18.3 Å². The number of piperidine rings is 1. The minimum absolute atomic E-state index is 0.0549. The lowest BCUT2D eigenvalue weighted by molar-refractivity contribution is -0.147. The van der Waals surface area contributed by atoms with Gasteiger partial charge in [0.2, 0.25) is 0 Å². The molecule has 7 rings (SSSR count). The molecule has 0 radical (unpaired) electrons. The predicted molar refractivity (Wildman–Crippen MR) is 157 cm³/mol. The maximum Gasteiger partial charge on any atom is 0.433 e. The van der Waals surface area contributed by atoms with Crippen molar-refractivity contribution in [3.8, 4) is 17.2 Å². The maximum absolute atomic E-state index is 15.4. The summed E-state index contributed by atoms with van der Waals surface area (Å²) in [6.45, 7) is 1.79. The SMILES string of the molecule is CN1CCC(n2c(=O)[nH]c3nccc(Oc4ccc(NC5COC5c5cnn(-c6ccccc6)c5C(F)(F)F)cc4F)c32)CC1. The molecular weight excluding hydrogens is 594 g/mol. The highest BCUT2D eigenvalue weighted by Gasteiger charge is 2.45. The summed E-state index contributed by atoms with van der Waals surface area (Å²) in [5.74, 6) is -0.501. The average Bonchev–Trinajstić information content (AvgIpc) is 3.59. The number of H-pyrrole nitrogens is 1. The lowest BCUT2D eigenvalue weighted by Gasteiger charge is -2.38. The Labute approximate surface area is 254 Å². The molecule has 10 nitrogen and oxygen atoms in total. The van der Waals surface area contributed by atoms with Crippen molar-refractivity contribution in [3.05, 3.63) is 94.5 Å². The number of para-hydroxylation sites is 1. The fourth-order valence-corrected chi connectivity index (χ4v) is 6.04. The number of halogens is 4. The number of anilines is 1. The first-order valence-corrected chi connectivity index (χ1v) is 14.5. The van der Waals surface area contributed by atoms with Gasteiger partial charge < -0.3 is 19.7 Å². The summed E-state index contributed by atoms with van der Waals surface area (Å²) < 4.78 is 72.0. The average molecular weight is 624 g/mol. The number of rotatable bonds is 7. The molecule has 234 valence electrons. The van der Waals surface area contributed by atoms with Crippen LogP contribution in [0.1, 0.15) is 36.2 Å². The highest BCUT2D eigenvalue weighted by Crippen LogP contribution is 2.42. The predicted octanol–water partition coefficient (Wildman–Crippen LogP) is 5.68. The summed E-state index contributed by atoms with van der Waals surface area (Å²) in [6.07, 6.45) is -1.45. The van der Waals surface area contributed by atoms with Crippen LogP contribution in [-0.2, 0) is 10.9 Å². The van der Waals surface area contributed by atoms with Crippen LogP contribution in [-0.4, -0.2) is 62.0 Å². The van der Waals surface area contributed by atoms with Gasteiger partial charge in [-0.15, -0.1) is 0 Å².